The number of hydrogen-bond acceptors (Lipinski definition) is 5. The van der Waals surface area contributed by atoms with Gasteiger partial charge in [0.15, 0.2) is 5.82 Å². The minimum absolute atomic E-state index is 0.0309. The molecule has 0 aliphatic heterocycles. The highest BCUT2D eigenvalue weighted by atomic mass is 79.9. The van der Waals surface area contributed by atoms with Crippen molar-refractivity contribution in [3.8, 4) is 5.69 Å². The highest BCUT2D eigenvalue weighted by molar-refractivity contribution is 9.10. The van der Waals surface area contributed by atoms with E-state index in [1.165, 1.54) is 35.1 Å². The topological polar surface area (TPSA) is 94.2 Å². The van der Waals surface area contributed by atoms with Crippen molar-refractivity contribution in [3.63, 3.8) is 0 Å². The van der Waals surface area contributed by atoms with E-state index in [0.29, 0.717) is 26.1 Å². The Kier molecular flexibility index (Phi) is 4.74. The van der Waals surface area contributed by atoms with Crippen LogP contribution in [0.2, 0.25) is 5.02 Å². The molecule has 4 aromatic rings. The van der Waals surface area contributed by atoms with E-state index < -0.39 is 10.0 Å². The van der Waals surface area contributed by atoms with Gasteiger partial charge in [-0.05, 0) is 58.4 Å². The Morgan fingerprint density at radius 2 is 1.89 bits per heavy atom. The summed E-state index contributed by atoms with van der Waals surface area (Å²) in [6, 6.07) is 13.9. The first-order chi connectivity index (χ1) is 13.3. The standard InChI is InChI=1S/C18H11BrClN3O4S/c19-14-10-12(20)2-4-16(14)23-15-5-3-13(9-11(15)1-6-18(23)24)28(25,26)22-17-7-8-27-21-17/h1-10H,(H,21,22). The number of pyridine rings is 1. The summed E-state index contributed by atoms with van der Waals surface area (Å²) < 4.78 is 34.2. The quantitative estimate of drug-likeness (QED) is 0.472. The Morgan fingerprint density at radius 3 is 2.61 bits per heavy atom. The van der Waals surface area contributed by atoms with Crippen LogP contribution in [0, 0.1) is 0 Å². The number of rotatable bonds is 4. The fourth-order valence-electron chi connectivity index (χ4n) is 2.76. The second-order valence-corrected chi connectivity index (χ2v) is 8.79. The maximum Gasteiger partial charge on any atom is 0.263 e. The first kappa shape index (κ1) is 18.7. The van der Waals surface area contributed by atoms with Crippen molar-refractivity contribution in [2.24, 2.45) is 0 Å². The fourth-order valence-corrected chi connectivity index (χ4v) is 4.65. The normalized spacial score (nSPS) is 11.6. The van der Waals surface area contributed by atoms with Crippen molar-refractivity contribution < 1.29 is 12.9 Å². The molecule has 0 aliphatic carbocycles. The zero-order valence-electron chi connectivity index (χ0n) is 14.0. The number of nitrogens with zero attached hydrogens (tertiary/aromatic N) is 2. The van der Waals surface area contributed by atoms with Gasteiger partial charge in [-0.25, -0.2) is 8.42 Å². The lowest BCUT2D eigenvalue weighted by Gasteiger charge is -2.13. The van der Waals surface area contributed by atoms with Gasteiger partial charge < -0.3 is 4.52 Å². The summed E-state index contributed by atoms with van der Waals surface area (Å²) in [7, 11) is -3.86. The monoisotopic (exact) mass is 479 g/mol. The molecule has 142 valence electrons. The zero-order chi connectivity index (χ0) is 19.9. The van der Waals surface area contributed by atoms with Crippen molar-refractivity contribution >= 4 is 54.3 Å². The van der Waals surface area contributed by atoms with E-state index in [9.17, 15) is 13.2 Å². The van der Waals surface area contributed by atoms with Gasteiger partial charge in [0, 0.05) is 27.0 Å². The molecule has 0 spiro atoms. The average Bonchev–Trinajstić information content (AvgIpc) is 3.14. The van der Waals surface area contributed by atoms with E-state index in [0.717, 1.165) is 0 Å². The lowest BCUT2D eigenvalue weighted by atomic mass is 10.2. The fraction of sp³-hybridized carbons (Fsp3) is 0. The van der Waals surface area contributed by atoms with Crippen LogP contribution in [0.4, 0.5) is 5.82 Å². The van der Waals surface area contributed by atoms with Gasteiger partial charge in [0.1, 0.15) is 6.26 Å². The number of aromatic nitrogens is 2. The molecule has 0 unspecified atom stereocenters. The van der Waals surface area contributed by atoms with Crippen LogP contribution in [0.15, 0.2) is 79.5 Å². The molecule has 10 heteroatoms. The van der Waals surface area contributed by atoms with Crippen LogP contribution in [0.1, 0.15) is 0 Å². The molecule has 2 aromatic carbocycles. The molecule has 2 heterocycles. The molecule has 1 N–H and O–H groups in total. The van der Waals surface area contributed by atoms with Gasteiger partial charge in [-0.15, -0.1) is 0 Å². The van der Waals surface area contributed by atoms with Crippen LogP contribution >= 0.6 is 27.5 Å². The predicted octanol–water partition coefficient (Wildman–Crippen LogP) is 4.20. The number of halogens is 2. The molecule has 0 saturated carbocycles. The van der Waals surface area contributed by atoms with Gasteiger partial charge in [-0.3, -0.25) is 14.1 Å². The second-order valence-electron chi connectivity index (χ2n) is 5.81. The van der Waals surface area contributed by atoms with Crippen molar-refractivity contribution in [3.05, 3.63) is 80.7 Å². The third-order valence-electron chi connectivity index (χ3n) is 4.00. The SMILES string of the molecule is O=c1ccc2cc(S(=O)(=O)Nc3ccon3)ccc2n1-c1ccc(Cl)cc1Br. The number of sulfonamides is 1. The smallest absolute Gasteiger partial charge is 0.263 e. The summed E-state index contributed by atoms with van der Waals surface area (Å²) in [4.78, 5) is 12.6. The molecule has 0 atom stereocenters. The van der Waals surface area contributed by atoms with Crippen LogP contribution in [-0.4, -0.2) is 18.1 Å². The van der Waals surface area contributed by atoms with Gasteiger partial charge >= 0.3 is 0 Å². The minimum Gasteiger partial charge on any atom is -0.363 e. The largest absolute Gasteiger partial charge is 0.363 e. The molecule has 28 heavy (non-hydrogen) atoms. The van der Waals surface area contributed by atoms with Gasteiger partial charge in [-0.1, -0.05) is 16.8 Å². The summed E-state index contributed by atoms with van der Waals surface area (Å²) in [5.41, 5.74) is 0.888. The first-order valence-electron chi connectivity index (χ1n) is 7.90. The van der Waals surface area contributed by atoms with Crippen molar-refractivity contribution in [1.29, 1.82) is 0 Å². The van der Waals surface area contributed by atoms with Crippen molar-refractivity contribution in [2.45, 2.75) is 4.90 Å². The summed E-state index contributed by atoms with van der Waals surface area (Å²) in [5.74, 6) is 0.0789. The molecule has 0 saturated heterocycles. The number of anilines is 1. The first-order valence-corrected chi connectivity index (χ1v) is 10.5. The minimum atomic E-state index is -3.86. The molecule has 4 rings (SSSR count). The predicted molar refractivity (Wildman–Crippen MR) is 110 cm³/mol. The highest BCUT2D eigenvalue weighted by Gasteiger charge is 2.17. The molecule has 0 fully saturated rings. The van der Waals surface area contributed by atoms with Crippen LogP contribution in [0.5, 0.6) is 0 Å². The summed E-state index contributed by atoms with van der Waals surface area (Å²) in [6.45, 7) is 0. The lowest BCUT2D eigenvalue weighted by molar-refractivity contribution is 0.423. The van der Waals surface area contributed by atoms with Crippen LogP contribution in [0.3, 0.4) is 0 Å². The molecular weight excluding hydrogens is 470 g/mol. The molecule has 0 aliphatic rings. The molecule has 7 nitrogen and oxygen atoms in total. The molecular formula is C18H11BrClN3O4S. The van der Waals surface area contributed by atoms with Gasteiger partial charge in [0.25, 0.3) is 15.6 Å². The molecule has 0 radical (unpaired) electrons. The van der Waals surface area contributed by atoms with Gasteiger partial charge in [-0.2, -0.15) is 0 Å². The Bertz CT molecular complexity index is 1350. The number of benzene rings is 2. The third kappa shape index (κ3) is 3.44. The number of fused-ring (bicyclic) bond motifs is 1. The van der Waals surface area contributed by atoms with Gasteiger partial charge in [0.05, 0.1) is 16.1 Å². The molecule has 0 amide bonds. The van der Waals surface area contributed by atoms with E-state index in [4.69, 9.17) is 11.6 Å². The van der Waals surface area contributed by atoms with Crippen LogP contribution in [0.25, 0.3) is 16.6 Å². The maximum atomic E-state index is 12.6. The second kappa shape index (κ2) is 7.08. The number of nitrogens with one attached hydrogen (secondary N) is 1. The average molecular weight is 481 g/mol. The Morgan fingerprint density at radius 1 is 1.07 bits per heavy atom. The summed E-state index contributed by atoms with van der Waals surface area (Å²) in [6.07, 6.45) is 1.26. The van der Waals surface area contributed by atoms with E-state index >= 15 is 0 Å². The molecule has 0 bridgehead atoms. The van der Waals surface area contributed by atoms with Crippen molar-refractivity contribution in [2.75, 3.05) is 4.72 Å². The zero-order valence-corrected chi connectivity index (χ0v) is 17.1. The van der Waals surface area contributed by atoms with E-state index in [1.54, 1.807) is 30.3 Å². The summed E-state index contributed by atoms with van der Waals surface area (Å²) >= 11 is 9.41. The van der Waals surface area contributed by atoms with E-state index in [-0.39, 0.29) is 16.3 Å². The van der Waals surface area contributed by atoms with E-state index in [2.05, 4.69) is 30.3 Å². The highest BCUT2D eigenvalue weighted by Crippen LogP contribution is 2.27. The Hall–Kier alpha value is -2.62. The van der Waals surface area contributed by atoms with Crippen molar-refractivity contribution in [1.82, 2.24) is 9.72 Å². The van der Waals surface area contributed by atoms with Gasteiger partial charge in [0.2, 0.25) is 0 Å². The Labute approximate surface area is 172 Å². The Balaban J connectivity index is 1.86. The summed E-state index contributed by atoms with van der Waals surface area (Å²) in [5, 5.41) is 4.64. The van der Waals surface area contributed by atoms with Crippen LogP contribution in [-0.2, 0) is 10.0 Å². The molecule has 2 aromatic heterocycles. The lowest BCUT2D eigenvalue weighted by Crippen LogP contribution is -2.18. The third-order valence-corrected chi connectivity index (χ3v) is 6.23. The van der Waals surface area contributed by atoms with E-state index in [1.807, 2.05) is 0 Å². The maximum absolute atomic E-state index is 12.6. The number of hydrogen-bond donors (Lipinski definition) is 1. The van der Waals surface area contributed by atoms with Crippen LogP contribution < -0.4 is 10.3 Å².